The van der Waals surface area contributed by atoms with E-state index in [9.17, 15) is 4.79 Å². The summed E-state index contributed by atoms with van der Waals surface area (Å²) in [4.78, 5) is 11.1. The van der Waals surface area contributed by atoms with Crippen LogP contribution in [0.15, 0.2) is 12.2 Å². The third kappa shape index (κ3) is 13.6. The summed E-state index contributed by atoms with van der Waals surface area (Å²) in [5, 5.41) is 0. The molecule has 20 heavy (non-hydrogen) atoms. The normalized spacial score (nSPS) is 12.8. The summed E-state index contributed by atoms with van der Waals surface area (Å²) in [6, 6.07) is 0. The highest BCUT2D eigenvalue weighted by Gasteiger charge is 2.11. The van der Waals surface area contributed by atoms with Gasteiger partial charge in [-0.15, -0.1) is 0 Å². The van der Waals surface area contributed by atoms with Crippen LogP contribution in [-0.4, -0.2) is 12.1 Å². The van der Waals surface area contributed by atoms with Crippen LogP contribution in [0.25, 0.3) is 0 Å². The predicted octanol–water partition coefficient (Wildman–Crippen LogP) is 5.62. The lowest BCUT2D eigenvalue weighted by atomic mass is 10.0. The standard InChI is InChI=1S/C18H33O2/c1-4-6-8-10-11-12-14-16-18(20-17(3)19)15-13-9-7-5-2/h4,6,18H,1,5,7-16H2,2-3H3. The van der Waals surface area contributed by atoms with Crippen LogP contribution in [0.4, 0.5) is 0 Å². The number of hydrogen-bond donors (Lipinski definition) is 0. The van der Waals surface area contributed by atoms with Crippen LogP contribution >= 0.6 is 0 Å². The van der Waals surface area contributed by atoms with Crippen molar-refractivity contribution in [3.8, 4) is 0 Å². The van der Waals surface area contributed by atoms with Gasteiger partial charge in [-0.1, -0.05) is 51.2 Å². The van der Waals surface area contributed by atoms with Crippen molar-refractivity contribution in [1.82, 2.24) is 0 Å². The van der Waals surface area contributed by atoms with E-state index < -0.39 is 0 Å². The summed E-state index contributed by atoms with van der Waals surface area (Å²) in [5.74, 6) is -0.133. The molecule has 0 aromatic rings. The Balaban J connectivity index is 3.66. The van der Waals surface area contributed by atoms with E-state index in [0.717, 1.165) is 19.3 Å². The van der Waals surface area contributed by atoms with E-state index in [2.05, 4.69) is 19.9 Å². The molecule has 1 radical (unpaired) electrons. The molecule has 0 saturated carbocycles. The van der Waals surface area contributed by atoms with Crippen molar-refractivity contribution >= 4 is 5.97 Å². The number of carbonyl (C=O) groups excluding carboxylic acids is 1. The number of rotatable bonds is 13. The highest BCUT2D eigenvalue weighted by Crippen LogP contribution is 2.16. The second-order valence-corrected chi connectivity index (χ2v) is 5.54. The third-order valence-corrected chi connectivity index (χ3v) is 3.53. The first-order valence-electron chi connectivity index (χ1n) is 8.32. The second-order valence-electron chi connectivity index (χ2n) is 5.54. The first-order chi connectivity index (χ1) is 9.70. The average Bonchev–Trinajstić information content (AvgIpc) is 2.41. The molecule has 0 aliphatic heterocycles. The van der Waals surface area contributed by atoms with Crippen LogP contribution in [0, 0.1) is 6.92 Å². The number of ether oxygens (including phenoxy) is 1. The molecule has 117 valence electrons. The van der Waals surface area contributed by atoms with Gasteiger partial charge in [0.1, 0.15) is 6.10 Å². The van der Waals surface area contributed by atoms with Crippen molar-refractivity contribution in [1.29, 1.82) is 0 Å². The lowest BCUT2D eigenvalue weighted by Gasteiger charge is -2.16. The Morgan fingerprint density at radius 3 is 2.20 bits per heavy atom. The molecule has 2 heteroatoms. The van der Waals surface area contributed by atoms with Crippen LogP contribution in [0.3, 0.4) is 0 Å². The van der Waals surface area contributed by atoms with E-state index >= 15 is 0 Å². The molecule has 0 aromatic heterocycles. The van der Waals surface area contributed by atoms with E-state index in [1.54, 1.807) is 0 Å². The molecule has 1 unspecified atom stereocenters. The van der Waals surface area contributed by atoms with Crippen LogP contribution in [-0.2, 0) is 9.53 Å². The SMILES string of the molecule is [CH2]C=CCCCCCCC(CCCCCC)OC(C)=O. The van der Waals surface area contributed by atoms with Gasteiger partial charge in [0.2, 0.25) is 0 Å². The molecule has 0 N–H and O–H groups in total. The van der Waals surface area contributed by atoms with Crippen molar-refractivity contribution in [2.75, 3.05) is 0 Å². The number of unbranched alkanes of at least 4 members (excludes halogenated alkanes) is 7. The highest BCUT2D eigenvalue weighted by molar-refractivity contribution is 5.66. The largest absolute Gasteiger partial charge is 0.463 e. The zero-order valence-electron chi connectivity index (χ0n) is 13.5. The topological polar surface area (TPSA) is 26.3 Å². The van der Waals surface area contributed by atoms with Crippen molar-refractivity contribution in [3.63, 3.8) is 0 Å². The Labute approximate surface area is 126 Å². The number of allylic oxidation sites excluding steroid dienone is 2. The molecule has 0 spiro atoms. The maximum Gasteiger partial charge on any atom is 0.302 e. The van der Waals surface area contributed by atoms with Gasteiger partial charge < -0.3 is 4.74 Å². The molecule has 0 aromatic carbocycles. The van der Waals surface area contributed by atoms with Crippen LogP contribution in [0.1, 0.15) is 84.5 Å². The molecule has 0 rings (SSSR count). The van der Waals surface area contributed by atoms with E-state index in [-0.39, 0.29) is 12.1 Å². The molecule has 0 aliphatic rings. The summed E-state index contributed by atoms with van der Waals surface area (Å²) in [5.41, 5.74) is 0. The van der Waals surface area contributed by atoms with Crippen molar-refractivity contribution in [3.05, 3.63) is 19.1 Å². The van der Waals surface area contributed by atoms with Crippen molar-refractivity contribution in [2.45, 2.75) is 90.6 Å². The number of carbonyl (C=O) groups is 1. The minimum absolute atomic E-state index is 0.133. The first kappa shape index (κ1) is 19.2. The summed E-state index contributed by atoms with van der Waals surface area (Å²) in [6.45, 7) is 7.42. The van der Waals surface area contributed by atoms with Crippen LogP contribution in [0.2, 0.25) is 0 Å². The highest BCUT2D eigenvalue weighted by atomic mass is 16.5. The number of hydrogen-bond acceptors (Lipinski definition) is 2. The zero-order valence-corrected chi connectivity index (χ0v) is 13.5. The zero-order chi connectivity index (χ0) is 15.1. The molecule has 0 amide bonds. The van der Waals surface area contributed by atoms with Gasteiger partial charge in [-0.05, 0) is 45.4 Å². The van der Waals surface area contributed by atoms with E-state index in [1.165, 1.54) is 58.3 Å². The minimum atomic E-state index is -0.133. The molecule has 2 nitrogen and oxygen atoms in total. The molecule has 1 atom stereocenters. The summed E-state index contributed by atoms with van der Waals surface area (Å²) in [6.07, 6.45) is 17.2. The predicted molar refractivity (Wildman–Crippen MR) is 86.5 cm³/mol. The van der Waals surface area contributed by atoms with Gasteiger partial charge in [0.05, 0.1) is 0 Å². The molecule has 0 fully saturated rings. The van der Waals surface area contributed by atoms with Crippen molar-refractivity contribution in [2.24, 2.45) is 0 Å². The second kappa shape index (κ2) is 14.6. The van der Waals surface area contributed by atoms with E-state index in [0.29, 0.717) is 0 Å². The Morgan fingerprint density at radius 2 is 1.65 bits per heavy atom. The molecule has 0 saturated heterocycles. The molecule has 0 heterocycles. The average molecular weight is 281 g/mol. The maximum absolute atomic E-state index is 11.1. The van der Waals surface area contributed by atoms with Crippen LogP contribution < -0.4 is 0 Å². The summed E-state index contributed by atoms with van der Waals surface area (Å²) < 4.78 is 5.42. The molecule has 0 aliphatic carbocycles. The first-order valence-corrected chi connectivity index (χ1v) is 8.32. The quantitative estimate of drug-likeness (QED) is 0.323. The minimum Gasteiger partial charge on any atom is -0.463 e. The Bertz CT molecular complexity index is 246. The Morgan fingerprint density at radius 1 is 1.05 bits per heavy atom. The number of esters is 1. The maximum atomic E-state index is 11.1. The summed E-state index contributed by atoms with van der Waals surface area (Å²) in [7, 11) is 0. The Kier molecular flexibility index (Phi) is 14.0. The smallest absolute Gasteiger partial charge is 0.302 e. The van der Waals surface area contributed by atoms with E-state index in [1.807, 2.05) is 6.08 Å². The fraction of sp³-hybridized carbons (Fsp3) is 0.778. The van der Waals surface area contributed by atoms with Gasteiger partial charge in [0.25, 0.3) is 0 Å². The van der Waals surface area contributed by atoms with E-state index in [4.69, 9.17) is 4.74 Å². The molecule has 0 bridgehead atoms. The fourth-order valence-electron chi connectivity index (χ4n) is 2.40. The van der Waals surface area contributed by atoms with Gasteiger partial charge in [-0.3, -0.25) is 4.79 Å². The fourth-order valence-corrected chi connectivity index (χ4v) is 2.40. The van der Waals surface area contributed by atoms with Gasteiger partial charge >= 0.3 is 5.97 Å². The lowest BCUT2D eigenvalue weighted by molar-refractivity contribution is -0.147. The molecular formula is C18H33O2. The van der Waals surface area contributed by atoms with Crippen LogP contribution in [0.5, 0.6) is 0 Å². The van der Waals surface area contributed by atoms with Gasteiger partial charge in [-0.2, -0.15) is 0 Å². The Hall–Kier alpha value is -0.790. The third-order valence-electron chi connectivity index (χ3n) is 3.53. The van der Waals surface area contributed by atoms with Gasteiger partial charge in [-0.25, -0.2) is 0 Å². The lowest BCUT2D eigenvalue weighted by Crippen LogP contribution is -2.16. The monoisotopic (exact) mass is 281 g/mol. The van der Waals surface area contributed by atoms with Crippen molar-refractivity contribution < 1.29 is 9.53 Å². The van der Waals surface area contributed by atoms with Gasteiger partial charge in [0.15, 0.2) is 0 Å². The van der Waals surface area contributed by atoms with Gasteiger partial charge in [0, 0.05) is 6.92 Å². The molecular weight excluding hydrogens is 248 g/mol. The summed E-state index contributed by atoms with van der Waals surface area (Å²) >= 11 is 0.